The van der Waals surface area contributed by atoms with Crippen LogP contribution in [-0.4, -0.2) is 70.8 Å². The molecule has 3 unspecified atom stereocenters. The number of aryl methyl sites for hydroxylation is 2. The van der Waals surface area contributed by atoms with Crippen molar-refractivity contribution in [1.29, 1.82) is 0 Å². The van der Waals surface area contributed by atoms with Gasteiger partial charge in [0.1, 0.15) is 17.6 Å². The van der Waals surface area contributed by atoms with Gasteiger partial charge in [-0.25, -0.2) is 0 Å². The van der Waals surface area contributed by atoms with Gasteiger partial charge in [0.15, 0.2) is 0 Å². The number of hydrogen-bond acceptors (Lipinski definition) is 6. The Morgan fingerprint density at radius 1 is 1.26 bits per heavy atom. The Balaban J connectivity index is 1.87. The van der Waals surface area contributed by atoms with Crippen LogP contribution in [0.3, 0.4) is 0 Å². The van der Waals surface area contributed by atoms with E-state index in [4.69, 9.17) is 9.47 Å². The molecule has 3 fully saturated rings. The molecular weight excluding hydrogens is 532 g/mol. The highest BCUT2D eigenvalue weighted by Gasteiger charge is 2.81. The van der Waals surface area contributed by atoms with E-state index in [0.717, 1.165) is 16.8 Å². The van der Waals surface area contributed by atoms with Gasteiger partial charge < -0.3 is 24.4 Å². The Kier molecular flexibility index (Phi) is 9.38. The van der Waals surface area contributed by atoms with Gasteiger partial charge in [0.2, 0.25) is 5.91 Å². The van der Waals surface area contributed by atoms with E-state index in [9.17, 15) is 19.5 Å². The molecule has 0 aromatic heterocycles. The molecule has 4 rings (SSSR count). The number of anilines is 1. The number of ether oxygens (including phenoxy) is 2. The molecule has 1 N–H and O–H groups in total. The number of nitrogens with zero attached hydrogens (tertiary/aromatic N) is 2. The van der Waals surface area contributed by atoms with Crippen molar-refractivity contribution in [3.8, 4) is 0 Å². The summed E-state index contributed by atoms with van der Waals surface area (Å²) in [6.07, 6.45) is 5.95. The van der Waals surface area contributed by atoms with Crippen LogP contribution in [0.2, 0.25) is 0 Å². The summed E-state index contributed by atoms with van der Waals surface area (Å²) in [6.45, 7) is 19.6. The number of carbonyl (C=O) groups excluding carboxylic acids is 3. The van der Waals surface area contributed by atoms with Crippen molar-refractivity contribution in [3.63, 3.8) is 0 Å². The summed E-state index contributed by atoms with van der Waals surface area (Å²) in [7, 11) is 0. The maximum atomic E-state index is 15.0. The van der Waals surface area contributed by atoms with Gasteiger partial charge in [-0.3, -0.25) is 14.4 Å². The van der Waals surface area contributed by atoms with E-state index in [-0.39, 0.29) is 43.4 Å². The first-order chi connectivity index (χ1) is 19.9. The van der Waals surface area contributed by atoms with Crippen molar-refractivity contribution >= 4 is 23.5 Å². The molecule has 8 heteroatoms. The van der Waals surface area contributed by atoms with Gasteiger partial charge in [0, 0.05) is 12.2 Å². The Bertz CT molecular complexity index is 1210. The fourth-order valence-corrected chi connectivity index (χ4v) is 7.78. The fourth-order valence-electron chi connectivity index (χ4n) is 7.78. The van der Waals surface area contributed by atoms with Gasteiger partial charge in [-0.05, 0) is 63.0 Å². The van der Waals surface area contributed by atoms with E-state index < -0.39 is 41.1 Å². The molecule has 1 aromatic carbocycles. The number of rotatable bonds is 13. The van der Waals surface area contributed by atoms with Crippen LogP contribution in [0.15, 0.2) is 43.5 Å². The highest BCUT2D eigenvalue weighted by atomic mass is 16.6. The van der Waals surface area contributed by atoms with Crippen molar-refractivity contribution in [2.45, 2.75) is 90.5 Å². The fraction of sp³-hybridized carbons (Fsp3) is 0.618. The van der Waals surface area contributed by atoms with Gasteiger partial charge in [-0.15, -0.1) is 13.2 Å². The number of aliphatic hydroxyl groups is 1. The number of fused-ring (bicyclic) bond motifs is 1. The highest BCUT2D eigenvalue weighted by molar-refractivity contribution is 6.05. The lowest BCUT2D eigenvalue weighted by atomic mass is 9.62. The summed E-state index contributed by atoms with van der Waals surface area (Å²) in [5, 5.41) is 10.7. The van der Waals surface area contributed by atoms with Crippen LogP contribution in [-0.2, 0) is 23.9 Å². The first kappa shape index (κ1) is 32.0. The van der Waals surface area contributed by atoms with E-state index in [1.165, 1.54) is 0 Å². The number of unbranched alkanes of at least 4 members (excludes halogenated alkanes) is 1. The van der Waals surface area contributed by atoms with Crippen molar-refractivity contribution in [2.24, 2.45) is 23.7 Å². The minimum atomic E-state index is -1.23. The number of hydrogen-bond donors (Lipinski definition) is 1. The number of likely N-dealkylation sites (tertiary alicyclic amines) is 1. The van der Waals surface area contributed by atoms with E-state index in [1.807, 2.05) is 59.7 Å². The molecule has 0 aliphatic carbocycles. The van der Waals surface area contributed by atoms with Gasteiger partial charge in [0.05, 0.1) is 30.8 Å². The van der Waals surface area contributed by atoms with Gasteiger partial charge in [0.25, 0.3) is 5.91 Å². The van der Waals surface area contributed by atoms with Gasteiger partial charge in [-0.2, -0.15) is 0 Å². The minimum absolute atomic E-state index is 0.0907. The number of aliphatic hydroxyl groups excluding tert-OH is 1. The number of para-hydroxylation sites is 1. The monoisotopic (exact) mass is 580 g/mol. The molecule has 3 aliphatic rings. The van der Waals surface area contributed by atoms with Crippen LogP contribution in [0.1, 0.15) is 64.5 Å². The third-order valence-corrected chi connectivity index (χ3v) is 10.2. The van der Waals surface area contributed by atoms with E-state index >= 15 is 0 Å². The van der Waals surface area contributed by atoms with Crippen molar-refractivity contribution in [1.82, 2.24) is 4.90 Å². The maximum absolute atomic E-state index is 15.0. The quantitative estimate of drug-likeness (QED) is 0.206. The molecule has 42 heavy (non-hydrogen) atoms. The van der Waals surface area contributed by atoms with Crippen molar-refractivity contribution in [3.05, 3.63) is 54.6 Å². The molecule has 1 aromatic rings. The van der Waals surface area contributed by atoms with Crippen molar-refractivity contribution in [2.75, 3.05) is 24.7 Å². The Morgan fingerprint density at radius 2 is 1.93 bits per heavy atom. The van der Waals surface area contributed by atoms with Crippen LogP contribution in [0.5, 0.6) is 0 Å². The van der Waals surface area contributed by atoms with E-state index in [0.29, 0.717) is 25.7 Å². The number of allylic oxidation sites excluding steroid dienone is 1. The van der Waals surface area contributed by atoms with E-state index in [1.54, 1.807) is 22.0 Å². The molecule has 8 atom stereocenters. The number of amides is 2. The molecule has 0 radical (unpaired) electrons. The highest BCUT2D eigenvalue weighted by Crippen LogP contribution is 2.66. The van der Waals surface area contributed by atoms with E-state index in [2.05, 4.69) is 13.2 Å². The summed E-state index contributed by atoms with van der Waals surface area (Å²) in [5.41, 5.74) is 0.420. The molecule has 2 amide bonds. The topological polar surface area (TPSA) is 96.4 Å². The lowest BCUT2D eigenvalue weighted by molar-refractivity contribution is -0.163. The second kappa shape index (κ2) is 12.3. The third kappa shape index (κ3) is 4.90. The number of benzene rings is 1. The van der Waals surface area contributed by atoms with Gasteiger partial charge in [-0.1, -0.05) is 57.5 Å². The van der Waals surface area contributed by atoms with Gasteiger partial charge >= 0.3 is 5.97 Å². The molecule has 0 saturated carbocycles. The number of carbonyl (C=O) groups is 3. The predicted octanol–water partition coefficient (Wildman–Crippen LogP) is 4.75. The standard InChI is InChI=1S/C34H48N2O6/c1-9-12-13-18-41-32(40)27-26-30(38)36(25(20-37)21(4)11-3)29(34(26)19-24(7)33(27,8)42-34)31(39)35(17-10-2)28-22(5)15-14-16-23(28)6/h9-10,14-16,21,24-27,29,37H,1-2,11-13,17-20H2,3-8H3/t21-,24?,25-,26-,27+,29?,33-,34?/m0/s1. The molecule has 3 heterocycles. The Labute approximate surface area is 250 Å². The summed E-state index contributed by atoms with van der Waals surface area (Å²) >= 11 is 0. The van der Waals surface area contributed by atoms with Crippen LogP contribution in [0.25, 0.3) is 0 Å². The smallest absolute Gasteiger partial charge is 0.312 e. The first-order valence-corrected chi connectivity index (χ1v) is 15.3. The Hall–Kier alpha value is -2.97. The first-order valence-electron chi connectivity index (χ1n) is 15.3. The maximum Gasteiger partial charge on any atom is 0.312 e. The second-order valence-electron chi connectivity index (χ2n) is 12.7. The average molecular weight is 581 g/mol. The van der Waals surface area contributed by atoms with Crippen LogP contribution >= 0.6 is 0 Å². The Morgan fingerprint density at radius 3 is 2.50 bits per heavy atom. The second-order valence-corrected chi connectivity index (χ2v) is 12.7. The SMILES string of the molecule is C=CCCCOC(=O)[C@H]1[C@H]2C(=O)N([C@@H](CO)[C@@H](C)CC)C(C(=O)N(CC=C)c3c(C)cccc3C)C23CC(C)[C@]1(C)O3. The van der Waals surface area contributed by atoms with Crippen molar-refractivity contribution < 1.29 is 29.0 Å². The molecule has 1 spiro atoms. The normalized spacial score (nSPS) is 31.0. The molecule has 230 valence electrons. The molecular formula is C34H48N2O6. The lowest BCUT2D eigenvalue weighted by Gasteiger charge is -2.41. The zero-order valence-corrected chi connectivity index (χ0v) is 26.1. The predicted molar refractivity (Wildman–Crippen MR) is 163 cm³/mol. The lowest BCUT2D eigenvalue weighted by Crippen LogP contribution is -2.60. The number of esters is 1. The summed E-state index contributed by atoms with van der Waals surface area (Å²) in [6, 6.07) is 4.22. The summed E-state index contributed by atoms with van der Waals surface area (Å²) < 4.78 is 12.6. The zero-order chi connectivity index (χ0) is 31.0. The molecule has 3 aliphatic heterocycles. The van der Waals surface area contributed by atoms with Crippen LogP contribution in [0.4, 0.5) is 5.69 Å². The molecule has 8 nitrogen and oxygen atoms in total. The summed E-state index contributed by atoms with van der Waals surface area (Å²) in [4.78, 5) is 46.6. The molecule has 3 saturated heterocycles. The minimum Gasteiger partial charge on any atom is -0.465 e. The van der Waals surface area contributed by atoms with Crippen LogP contribution < -0.4 is 4.90 Å². The summed E-state index contributed by atoms with van der Waals surface area (Å²) in [5.74, 6) is -3.02. The average Bonchev–Trinajstić information content (AvgIpc) is 3.47. The van der Waals surface area contributed by atoms with Crippen LogP contribution in [0, 0.1) is 37.5 Å². The zero-order valence-electron chi connectivity index (χ0n) is 26.1. The third-order valence-electron chi connectivity index (χ3n) is 10.2. The molecule has 2 bridgehead atoms. The largest absolute Gasteiger partial charge is 0.465 e.